The number of phenolic OH excluding ortho intramolecular Hbond substituents is 2. The van der Waals surface area contributed by atoms with Crippen molar-refractivity contribution in [3.63, 3.8) is 0 Å². The van der Waals surface area contributed by atoms with Gasteiger partial charge in [0.2, 0.25) is 0 Å². The average molecular weight is 322 g/mol. The fraction of sp³-hybridized carbons (Fsp3) is 0.562. The number of carboxylic acid groups (broad SMARTS) is 1. The zero-order valence-corrected chi connectivity index (χ0v) is 14.1. The topological polar surface area (TPSA) is 96.2 Å². The molecule has 0 bridgehead atoms. The van der Waals surface area contributed by atoms with Crippen molar-refractivity contribution < 1.29 is 29.4 Å². The Bertz CT molecular complexity index is 609. The van der Waals surface area contributed by atoms with Crippen LogP contribution in [-0.2, 0) is 14.1 Å². The molecule has 0 amide bonds. The molecule has 1 aromatic rings. The third kappa shape index (κ3) is 3.16. The van der Waals surface area contributed by atoms with Gasteiger partial charge in [-0.05, 0) is 46.2 Å². The molecule has 1 heterocycles. The molecule has 0 spiro atoms. The lowest BCUT2D eigenvalue weighted by atomic mass is 9.65. The molecule has 23 heavy (non-hydrogen) atoms. The molecule has 1 atom stereocenters. The van der Waals surface area contributed by atoms with Crippen molar-refractivity contribution in [3.05, 3.63) is 23.3 Å². The van der Waals surface area contributed by atoms with Crippen molar-refractivity contribution in [1.82, 2.24) is 0 Å². The van der Waals surface area contributed by atoms with Crippen molar-refractivity contribution in [2.24, 2.45) is 0 Å². The normalized spacial score (nSPS) is 20.5. The second kappa shape index (κ2) is 5.72. The van der Waals surface area contributed by atoms with Crippen LogP contribution in [0.25, 0.3) is 0 Å². The van der Waals surface area contributed by atoms with E-state index in [1.165, 1.54) is 12.1 Å². The maximum atomic E-state index is 11.3. The van der Waals surface area contributed by atoms with Gasteiger partial charge in [-0.3, -0.25) is 4.79 Å². The van der Waals surface area contributed by atoms with Gasteiger partial charge in [-0.1, -0.05) is 6.07 Å². The quantitative estimate of drug-likeness (QED) is 0.737. The number of rotatable bonds is 4. The lowest BCUT2D eigenvalue weighted by molar-refractivity contribution is -0.137. The van der Waals surface area contributed by atoms with Gasteiger partial charge in [0.25, 0.3) is 0 Å². The molecule has 126 valence electrons. The number of phenols is 2. The fourth-order valence-corrected chi connectivity index (χ4v) is 2.60. The third-order valence-corrected chi connectivity index (χ3v) is 4.83. The largest absolute Gasteiger partial charge is 0.508 e. The van der Waals surface area contributed by atoms with Crippen LogP contribution in [0.5, 0.6) is 11.5 Å². The molecule has 1 aliphatic heterocycles. The second-order valence-corrected chi connectivity index (χ2v) is 6.98. The summed E-state index contributed by atoms with van der Waals surface area (Å²) in [5, 5.41) is 29.2. The second-order valence-electron chi connectivity index (χ2n) is 6.98. The van der Waals surface area contributed by atoms with Crippen LogP contribution in [-0.4, -0.2) is 39.6 Å². The minimum Gasteiger partial charge on any atom is -0.508 e. The number of aromatic hydroxyl groups is 2. The molecule has 0 saturated carbocycles. The first-order valence-corrected chi connectivity index (χ1v) is 7.55. The van der Waals surface area contributed by atoms with Gasteiger partial charge in [-0.15, -0.1) is 0 Å². The molecule has 1 aliphatic rings. The SMILES string of the molecule is Cc1c(O)ccc(C(CC(=O)O)B2OC(C)(C)C(C)(C)O2)c1O. The van der Waals surface area contributed by atoms with Gasteiger partial charge in [-0.25, -0.2) is 0 Å². The summed E-state index contributed by atoms with van der Waals surface area (Å²) >= 11 is 0. The molecule has 1 fully saturated rings. The van der Waals surface area contributed by atoms with Gasteiger partial charge in [0.1, 0.15) is 11.5 Å². The number of carboxylic acids is 1. The zero-order valence-electron chi connectivity index (χ0n) is 14.1. The van der Waals surface area contributed by atoms with E-state index >= 15 is 0 Å². The van der Waals surface area contributed by atoms with E-state index in [-0.39, 0.29) is 17.9 Å². The summed E-state index contributed by atoms with van der Waals surface area (Å²) in [5.41, 5.74) is -0.512. The van der Waals surface area contributed by atoms with E-state index in [0.717, 1.165) is 0 Å². The minimum absolute atomic E-state index is 0.0470. The highest BCUT2D eigenvalue weighted by Gasteiger charge is 2.54. The maximum Gasteiger partial charge on any atom is 0.466 e. The number of aliphatic carboxylic acids is 1. The van der Waals surface area contributed by atoms with E-state index in [9.17, 15) is 20.1 Å². The van der Waals surface area contributed by atoms with E-state index in [1.807, 2.05) is 27.7 Å². The summed E-state index contributed by atoms with van der Waals surface area (Å²) in [4.78, 5) is 11.3. The maximum absolute atomic E-state index is 11.3. The van der Waals surface area contributed by atoms with Crippen LogP contribution in [0.3, 0.4) is 0 Å². The van der Waals surface area contributed by atoms with Crippen molar-refractivity contribution >= 4 is 13.1 Å². The van der Waals surface area contributed by atoms with Crippen LogP contribution in [0.4, 0.5) is 0 Å². The summed E-state index contributed by atoms with van der Waals surface area (Å²) in [6, 6.07) is 2.95. The van der Waals surface area contributed by atoms with E-state index in [4.69, 9.17) is 9.31 Å². The van der Waals surface area contributed by atoms with Gasteiger partial charge in [0.05, 0.1) is 17.6 Å². The lowest BCUT2D eigenvalue weighted by Gasteiger charge is -2.32. The molecule has 3 N–H and O–H groups in total. The zero-order chi connectivity index (χ0) is 17.6. The molecule has 0 aromatic heterocycles. The first kappa shape index (κ1) is 17.6. The van der Waals surface area contributed by atoms with Crippen LogP contribution in [0.2, 0.25) is 0 Å². The number of hydrogen-bond donors (Lipinski definition) is 3. The van der Waals surface area contributed by atoms with Gasteiger partial charge < -0.3 is 24.6 Å². The Labute approximate surface area is 136 Å². The predicted molar refractivity (Wildman–Crippen MR) is 85.6 cm³/mol. The van der Waals surface area contributed by atoms with E-state index in [1.54, 1.807) is 6.92 Å². The summed E-state index contributed by atoms with van der Waals surface area (Å²) in [6.45, 7) is 9.09. The Morgan fingerprint density at radius 2 is 1.70 bits per heavy atom. The number of benzene rings is 1. The lowest BCUT2D eigenvalue weighted by Crippen LogP contribution is -2.41. The van der Waals surface area contributed by atoms with E-state index in [0.29, 0.717) is 11.1 Å². The monoisotopic (exact) mass is 322 g/mol. The number of carbonyl (C=O) groups is 1. The summed E-state index contributed by atoms with van der Waals surface area (Å²) < 4.78 is 11.9. The van der Waals surface area contributed by atoms with Gasteiger partial charge in [0.15, 0.2) is 0 Å². The molecule has 1 unspecified atom stereocenters. The highest BCUT2D eigenvalue weighted by molar-refractivity contribution is 6.48. The van der Waals surface area contributed by atoms with Crippen molar-refractivity contribution in [3.8, 4) is 11.5 Å². The summed E-state index contributed by atoms with van der Waals surface area (Å²) in [7, 11) is -0.800. The van der Waals surface area contributed by atoms with E-state index < -0.39 is 30.1 Å². The van der Waals surface area contributed by atoms with Crippen LogP contribution in [0, 0.1) is 6.92 Å². The molecular formula is C16H23BO6. The first-order valence-electron chi connectivity index (χ1n) is 7.55. The van der Waals surface area contributed by atoms with Crippen LogP contribution in [0.15, 0.2) is 12.1 Å². The molecular weight excluding hydrogens is 299 g/mol. The Morgan fingerprint density at radius 3 is 2.17 bits per heavy atom. The Balaban J connectivity index is 2.44. The van der Waals surface area contributed by atoms with Crippen molar-refractivity contribution in [2.45, 2.75) is 58.1 Å². The van der Waals surface area contributed by atoms with Crippen LogP contribution in [0.1, 0.15) is 51.1 Å². The van der Waals surface area contributed by atoms with E-state index in [2.05, 4.69) is 0 Å². The minimum atomic E-state index is -1.02. The predicted octanol–water partition coefficient (Wildman–Crippen LogP) is 2.60. The highest BCUT2D eigenvalue weighted by atomic mass is 16.7. The molecule has 1 saturated heterocycles. The fourth-order valence-electron chi connectivity index (χ4n) is 2.60. The Hall–Kier alpha value is -1.73. The Morgan fingerprint density at radius 1 is 1.17 bits per heavy atom. The smallest absolute Gasteiger partial charge is 0.466 e. The molecule has 0 aliphatic carbocycles. The first-order chi connectivity index (χ1) is 10.5. The van der Waals surface area contributed by atoms with Crippen LogP contribution < -0.4 is 0 Å². The molecule has 6 nitrogen and oxygen atoms in total. The molecule has 1 aromatic carbocycles. The number of hydrogen-bond acceptors (Lipinski definition) is 5. The summed E-state index contributed by atoms with van der Waals surface area (Å²) in [6.07, 6.45) is -0.255. The Kier molecular flexibility index (Phi) is 4.39. The summed E-state index contributed by atoms with van der Waals surface area (Å²) in [5.74, 6) is -1.89. The molecule has 0 radical (unpaired) electrons. The van der Waals surface area contributed by atoms with Crippen LogP contribution >= 0.6 is 0 Å². The van der Waals surface area contributed by atoms with Crippen molar-refractivity contribution in [1.29, 1.82) is 0 Å². The van der Waals surface area contributed by atoms with Crippen molar-refractivity contribution in [2.75, 3.05) is 0 Å². The highest BCUT2D eigenvalue weighted by Crippen LogP contribution is 2.44. The third-order valence-electron chi connectivity index (χ3n) is 4.83. The molecule has 2 rings (SSSR count). The van der Waals surface area contributed by atoms with Gasteiger partial charge in [-0.2, -0.15) is 0 Å². The van der Waals surface area contributed by atoms with Gasteiger partial charge >= 0.3 is 13.1 Å². The standard InChI is InChI=1S/C16H23BO6/c1-9-12(18)7-6-10(14(9)21)11(8-13(19)20)17-22-15(2,3)16(4,5)23-17/h6-7,11,18,21H,8H2,1-5H3,(H,19,20). The molecule has 7 heteroatoms. The van der Waals surface area contributed by atoms with Gasteiger partial charge in [0, 0.05) is 11.4 Å². The average Bonchev–Trinajstić information content (AvgIpc) is 2.63.